The highest BCUT2D eigenvalue weighted by Crippen LogP contribution is 2.22. The second-order valence-corrected chi connectivity index (χ2v) is 3.39. The Morgan fingerprint density at radius 2 is 2.43 bits per heavy atom. The first-order chi connectivity index (χ1) is 6.58. The maximum Gasteiger partial charge on any atom is 0.305 e. The fourth-order valence-electron chi connectivity index (χ4n) is 1.33. The van der Waals surface area contributed by atoms with Gasteiger partial charge in [0.2, 0.25) is 0 Å². The Morgan fingerprint density at radius 1 is 1.71 bits per heavy atom. The summed E-state index contributed by atoms with van der Waals surface area (Å²) in [7, 11) is 1.75. The molecule has 1 heterocycles. The van der Waals surface area contributed by atoms with Crippen LogP contribution in [0.3, 0.4) is 0 Å². The van der Waals surface area contributed by atoms with E-state index in [1.54, 1.807) is 25.5 Å². The van der Waals surface area contributed by atoms with Gasteiger partial charge in [0.25, 0.3) is 0 Å². The number of hydrogen-bond acceptors (Lipinski definition) is 3. The third-order valence-corrected chi connectivity index (χ3v) is 2.36. The van der Waals surface area contributed by atoms with Crippen molar-refractivity contribution in [3.63, 3.8) is 0 Å². The van der Waals surface area contributed by atoms with Crippen LogP contribution in [0.25, 0.3) is 0 Å². The Hall–Kier alpha value is -1.42. The van der Waals surface area contributed by atoms with Gasteiger partial charge < -0.3 is 10.4 Å². The quantitative estimate of drug-likeness (QED) is 0.750. The van der Waals surface area contributed by atoms with E-state index in [1.165, 1.54) is 0 Å². The van der Waals surface area contributed by atoms with E-state index in [0.29, 0.717) is 0 Å². The third-order valence-electron chi connectivity index (χ3n) is 2.36. The fraction of sp³-hybridized carbons (Fsp3) is 0.400. The van der Waals surface area contributed by atoms with Crippen LogP contribution in [-0.2, 0) is 10.3 Å². The van der Waals surface area contributed by atoms with Gasteiger partial charge in [-0.3, -0.25) is 9.78 Å². The van der Waals surface area contributed by atoms with E-state index in [1.807, 2.05) is 13.0 Å². The molecule has 0 aliphatic carbocycles. The van der Waals surface area contributed by atoms with Gasteiger partial charge in [-0.25, -0.2) is 0 Å². The lowest BCUT2D eigenvalue weighted by atomic mass is 9.90. The van der Waals surface area contributed by atoms with Gasteiger partial charge in [0.15, 0.2) is 0 Å². The van der Waals surface area contributed by atoms with E-state index < -0.39 is 11.5 Å². The van der Waals surface area contributed by atoms with Crippen molar-refractivity contribution in [2.24, 2.45) is 0 Å². The minimum absolute atomic E-state index is 0.0369. The Morgan fingerprint density at radius 3 is 2.86 bits per heavy atom. The molecule has 0 aliphatic heterocycles. The van der Waals surface area contributed by atoms with Crippen LogP contribution < -0.4 is 5.32 Å². The summed E-state index contributed by atoms with van der Waals surface area (Å²) in [5.41, 5.74) is 0.324. The minimum Gasteiger partial charge on any atom is -0.481 e. The highest BCUT2D eigenvalue weighted by molar-refractivity contribution is 5.68. The van der Waals surface area contributed by atoms with E-state index in [-0.39, 0.29) is 6.42 Å². The number of pyridine rings is 1. The van der Waals surface area contributed by atoms with E-state index in [2.05, 4.69) is 10.3 Å². The van der Waals surface area contributed by atoms with Crippen LogP contribution in [0.4, 0.5) is 0 Å². The van der Waals surface area contributed by atoms with E-state index in [4.69, 9.17) is 5.11 Å². The number of carbonyl (C=O) groups is 1. The summed E-state index contributed by atoms with van der Waals surface area (Å²) in [4.78, 5) is 14.7. The predicted molar refractivity (Wildman–Crippen MR) is 52.9 cm³/mol. The summed E-state index contributed by atoms with van der Waals surface area (Å²) in [6.45, 7) is 1.85. The van der Waals surface area contributed by atoms with E-state index >= 15 is 0 Å². The number of hydrogen-bond donors (Lipinski definition) is 2. The lowest BCUT2D eigenvalue weighted by molar-refractivity contribution is -0.138. The molecule has 1 rings (SSSR count). The molecule has 14 heavy (non-hydrogen) atoms. The van der Waals surface area contributed by atoms with Crippen LogP contribution in [0.1, 0.15) is 18.9 Å². The van der Waals surface area contributed by atoms with Crippen LogP contribution in [0.2, 0.25) is 0 Å². The molecule has 4 heteroatoms. The van der Waals surface area contributed by atoms with Crippen molar-refractivity contribution < 1.29 is 9.90 Å². The second kappa shape index (κ2) is 4.19. The first kappa shape index (κ1) is 10.7. The fourth-order valence-corrected chi connectivity index (χ4v) is 1.33. The Labute approximate surface area is 83.0 Å². The van der Waals surface area contributed by atoms with Crippen molar-refractivity contribution in [3.05, 3.63) is 30.1 Å². The zero-order chi connectivity index (χ0) is 10.6. The summed E-state index contributed by atoms with van der Waals surface area (Å²) in [5, 5.41) is 11.8. The molecule has 0 saturated carbocycles. The number of carboxylic acids is 1. The molecule has 1 aromatic rings. The number of carboxylic acid groups (broad SMARTS) is 1. The molecule has 4 nitrogen and oxygen atoms in total. The molecule has 0 saturated heterocycles. The molecule has 76 valence electrons. The van der Waals surface area contributed by atoms with Crippen LogP contribution in [0, 0.1) is 0 Å². The van der Waals surface area contributed by atoms with Crippen LogP contribution in [-0.4, -0.2) is 23.1 Å². The average molecular weight is 194 g/mol. The van der Waals surface area contributed by atoms with Gasteiger partial charge in [-0.2, -0.15) is 0 Å². The molecule has 0 bridgehead atoms. The largest absolute Gasteiger partial charge is 0.481 e. The zero-order valence-electron chi connectivity index (χ0n) is 8.32. The van der Waals surface area contributed by atoms with Crippen LogP contribution in [0.5, 0.6) is 0 Å². The molecule has 1 atom stereocenters. The van der Waals surface area contributed by atoms with Gasteiger partial charge in [0.1, 0.15) is 0 Å². The summed E-state index contributed by atoms with van der Waals surface area (Å²) < 4.78 is 0. The van der Waals surface area contributed by atoms with E-state index in [9.17, 15) is 4.79 Å². The number of aromatic nitrogens is 1. The summed E-state index contributed by atoms with van der Waals surface area (Å²) >= 11 is 0. The molecular weight excluding hydrogens is 180 g/mol. The Balaban J connectivity index is 2.95. The maximum atomic E-state index is 10.7. The van der Waals surface area contributed by atoms with Crippen molar-refractivity contribution in [2.45, 2.75) is 18.9 Å². The van der Waals surface area contributed by atoms with Gasteiger partial charge in [-0.15, -0.1) is 0 Å². The van der Waals surface area contributed by atoms with Crippen LogP contribution in [0.15, 0.2) is 24.5 Å². The number of nitrogens with zero attached hydrogens (tertiary/aromatic N) is 1. The van der Waals surface area contributed by atoms with Crippen molar-refractivity contribution in [3.8, 4) is 0 Å². The molecule has 0 spiro atoms. The number of nitrogens with one attached hydrogen (secondary N) is 1. The topological polar surface area (TPSA) is 62.2 Å². The smallest absolute Gasteiger partial charge is 0.305 e. The van der Waals surface area contributed by atoms with Gasteiger partial charge in [0, 0.05) is 12.4 Å². The van der Waals surface area contributed by atoms with E-state index in [0.717, 1.165) is 5.56 Å². The standard InChI is InChI=1S/C10H14N2O2/c1-10(11-2,6-9(13)14)8-4-3-5-12-7-8/h3-5,7,11H,6H2,1-2H3,(H,13,14). The minimum atomic E-state index is -0.828. The zero-order valence-corrected chi connectivity index (χ0v) is 8.32. The SMILES string of the molecule is CNC(C)(CC(=O)O)c1cccnc1. The Bertz CT molecular complexity index is 313. The molecule has 1 unspecified atom stereocenters. The molecular formula is C10H14N2O2. The first-order valence-electron chi connectivity index (χ1n) is 4.40. The summed E-state index contributed by atoms with van der Waals surface area (Å²) in [6.07, 6.45) is 3.38. The third kappa shape index (κ3) is 2.29. The molecule has 0 aromatic carbocycles. The maximum absolute atomic E-state index is 10.7. The van der Waals surface area contributed by atoms with Crippen molar-refractivity contribution in [2.75, 3.05) is 7.05 Å². The number of rotatable bonds is 4. The van der Waals surface area contributed by atoms with Gasteiger partial charge in [0.05, 0.1) is 12.0 Å². The predicted octanol–water partition coefficient (Wildman–Crippen LogP) is 0.991. The Kier molecular flexibility index (Phi) is 3.19. The second-order valence-electron chi connectivity index (χ2n) is 3.39. The molecule has 0 radical (unpaired) electrons. The van der Waals surface area contributed by atoms with Gasteiger partial charge in [-0.1, -0.05) is 6.07 Å². The monoisotopic (exact) mass is 194 g/mol. The summed E-state index contributed by atoms with van der Waals surface area (Å²) in [5.74, 6) is -0.828. The summed E-state index contributed by atoms with van der Waals surface area (Å²) in [6, 6.07) is 3.67. The normalized spacial score (nSPS) is 14.7. The molecule has 2 N–H and O–H groups in total. The number of aliphatic carboxylic acids is 1. The molecule has 1 aromatic heterocycles. The molecule has 0 amide bonds. The highest BCUT2D eigenvalue weighted by atomic mass is 16.4. The lowest BCUT2D eigenvalue weighted by Gasteiger charge is -2.27. The first-order valence-corrected chi connectivity index (χ1v) is 4.40. The molecule has 0 fully saturated rings. The van der Waals surface area contributed by atoms with Crippen LogP contribution >= 0.6 is 0 Å². The molecule has 0 aliphatic rings. The average Bonchev–Trinajstić information content (AvgIpc) is 2.18. The van der Waals surface area contributed by atoms with Gasteiger partial charge >= 0.3 is 5.97 Å². The highest BCUT2D eigenvalue weighted by Gasteiger charge is 2.27. The lowest BCUT2D eigenvalue weighted by Crippen LogP contribution is -2.39. The van der Waals surface area contributed by atoms with Crippen molar-refractivity contribution >= 4 is 5.97 Å². The van der Waals surface area contributed by atoms with Crippen molar-refractivity contribution in [1.82, 2.24) is 10.3 Å². The van der Waals surface area contributed by atoms with Crippen molar-refractivity contribution in [1.29, 1.82) is 0 Å². The van der Waals surface area contributed by atoms with Gasteiger partial charge in [-0.05, 0) is 25.6 Å².